The Hall–Kier alpha value is -1.30. The number of morpholine rings is 1. The summed E-state index contributed by atoms with van der Waals surface area (Å²) in [5, 5.41) is 3.34. The summed E-state index contributed by atoms with van der Waals surface area (Å²) in [6.45, 7) is 2.60. The largest absolute Gasteiger partial charge is 0.371 e. The zero-order chi connectivity index (χ0) is 13.8. The van der Waals surface area contributed by atoms with Crippen LogP contribution in [0, 0.1) is 0 Å². The van der Waals surface area contributed by atoms with Crippen molar-refractivity contribution >= 4 is 15.9 Å². The molecule has 1 aliphatic rings. The first-order valence-electron chi connectivity index (χ1n) is 6.69. The average Bonchev–Trinajstić information content (AvgIpc) is 2.51. The zero-order valence-corrected chi connectivity index (χ0v) is 12.6. The summed E-state index contributed by atoms with van der Waals surface area (Å²) in [7, 11) is 0. The number of benzene rings is 1. The molecule has 1 aromatic heterocycles. The highest BCUT2D eigenvalue weighted by atomic mass is 79.9. The molecule has 2 heterocycles. The minimum Gasteiger partial charge on any atom is -0.371 e. The van der Waals surface area contributed by atoms with E-state index in [4.69, 9.17) is 4.74 Å². The molecule has 3 rings (SSSR count). The number of rotatable bonds is 3. The number of nitrogens with zero attached hydrogens (tertiary/aromatic N) is 2. The van der Waals surface area contributed by atoms with Crippen molar-refractivity contribution in [1.29, 1.82) is 0 Å². The number of aromatic nitrogens is 2. The Bertz CT molecular complexity index is 550. The number of hydrogen-bond acceptors (Lipinski definition) is 4. The van der Waals surface area contributed by atoms with Crippen LogP contribution in [0.2, 0.25) is 0 Å². The van der Waals surface area contributed by atoms with Crippen molar-refractivity contribution in [3.8, 4) is 0 Å². The van der Waals surface area contributed by atoms with Gasteiger partial charge in [0.05, 0.1) is 17.2 Å². The lowest BCUT2D eigenvalue weighted by Crippen LogP contribution is -2.33. The van der Waals surface area contributed by atoms with Crippen molar-refractivity contribution in [2.45, 2.75) is 12.5 Å². The first kappa shape index (κ1) is 13.7. The third-order valence-corrected chi connectivity index (χ3v) is 3.72. The Labute approximate surface area is 126 Å². The lowest BCUT2D eigenvalue weighted by molar-refractivity contribution is 0.0277. The summed E-state index contributed by atoms with van der Waals surface area (Å²) in [5.74, 6) is 0.830. The smallest absolute Gasteiger partial charge is 0.132 e. The molecule has 20 heavy (non-hydrogen) atoms. The summed E-state index contributed by atoms with van der Waals surface area (Å²) >= 11 is 3.34. The molecule has 1 aromatic carbocycles. The fourth-order valence-corrected chi connectivity index (χ4v) is 2.45. The predicted octanol–water partition coefficient (Wildman–Crippen LogP) is 2.49. The van der Waals surface area contributed by atoms with Crippen LogP contribution >= 0.6 is 15.9 Å². The van der Waals surface area contributed by atoms with Crippen molar-refractivity contribution in [3.05, 3.63) is 58.1 Å². The van der Waals surface area contributed by atoms with Gasteiger partial charge in [-0.05, 0) is 27.1 Å². The van der Waals surface area contributed by atoms with Crippen molar-refractivity contribution < 1.29 is 4.74 Å². The van der Waals surface area contributed by atoms with Crippen molar-refractivity contribution in [2.24, 2.45) is 0 Å². The van der Waals surface area contributed by atoms with Crippen LogP contribution in [0.5, 0.6) is 0 Å². The molecule has 1 fully saturated rings. The van der Waals surface area contributed by atoms with Crippen LogP contribution in [0.1, 0.15) is 23.1 Å². The Morgan fingerprint density at radius 3 is 2.60 bits per heavy atom. The normalized spacial score (nSPS) is 18.9. The minimum atomic E-state index is 0.168. The third-order valence-electron chi connectivity index (χ3n) is 3.32. The highest BCUT2D eigenvalue weighted by Crippen LogP contribution is 2.19. The summed E-state index contributed by atoms with van der Waals surface area (Å²) in [5.41, 5.74) is 2.43. The second-order valence-electron chi connectivity index (χ2n) is 4.80. The van der Waals surface area contributed by atoms with Crippen LogP contribution in [0.15, 0.2) is 41.1 Å². The molecule has 1 aliphatic heterocycles. The zero-order valence-electron chi connectivity index (χ0n) is 11.1. The van der Waals surface area contributed by atoms with Crippen LogP contribution in [0.4, 0.5) is 0 Å². The molecule has 1 atom stereocenters. The highest BCUT2D eigenvalue weighted by molar-refractivity contribution is 9.10. The number of hydrogen-bond donors (Lipinski definition) is 1. The topological polar surface area (TPSA) is 47.0 Å². The minimum absolute atomic E-state index is 0.168. The van der Waals surface area contributed by atoms with E-state index in [0.29, 0.717) is 0 Å². The van der Waals surface area contributed by atoms with E-state index in [-0.39, 0.29) is 6.10 Å². The Balaban J connectivity index is 1.67. The van der Waals surface area contributed by atoms with Crippen LogP contribution in [0.3, 0.4) is 0 Å². The van der Waals surface area contributed by atoms with Crippen LogP contribution in [0.25, 0.3) is 0 Å². The maximum absolute atomic E-state index is 5.74. The van der Waals surface area contributed by atoms with Gasteiger partial charge in [0.15, 0.2) is 0 Å². The quantitative estimate of drug-likeness (QED) is 0.937. The molecule has 0 radical (unpaired) electrons. The molecule has 0 aliphatic carbocycles. The van der Waals surface area contributed by atoms with Crippen molar-refractivity contribution in [2.75, 3.05) is 19.7 Å². The van der Waals surface area contributed by atoms with Gasteiger partial charge in [0.1, 0.15) is 5.82 Å². The van der Waals surface area contributed by atoms with E-state index >= 15 is 0 Å². The Kier molecular flexibility index (Phi) is 4.40. The molecular weight excluding hydrogens is 318 g/mol. The van der Waals surface area contributed by atoms with Gasteiger partial charge < -0.3 is 10.1 Å². The Morgan fingerprint density at radius 2 is 1.95 bits per heavy atom. The Morgan fingerprint density at radius 1 is 1.20 bits per heavy atom. The summed E-state index contributed by atoms with van der Waals surface area (Å²) in [6, 6.07) is 8.51. The summed E-state index contributed by atoms with van der Waals surface area (Å²) in [6.07, 6.45) is 4.47. The van der Waals surface area contributed by atoms with E-state index in [0.717, 1.165) is 36.4 Å². The van der Waals surface area contributed by atoms with Crippen LogP contribution in [-0.2, 0) is 11.2 Å². The molecule has 1 N–H and O–H groups in total. The molecular formula is C15H16BrN3O. The van der Waals surface area contributed by atoms with E-state index in [1.54, 1.807) is 12.4 Å². The monoisotopic (exact) mass is 333 g/mol. The van der Waals surface area contributed by atoms with Gasteiger partial charge in [-0.1, -0.05) is 24.3 Å². The lowest BCUT2D eigenvalue weighted by Gasteiger charge is -2.24. The molecule has 0 amide bonds. The molecule has 0 bridgehead atoms. The van der Waals surface area contributed by atoms with Gasteiger partial charge >= 0.3 is 0 Å². The summed E-state index contributed by atoms with van der Waals surface area (Å²) < 4.78 is 6.64. The SMILES string of the molecule is Brc1cnc(Cc2ccc([C@@H]3CNCCO3)cc2)nc1. The highest BCUT2D eigenvalue weighted by Gasteiger charge is 2.15. The van der Waals surface area contributed by atoms with Gasteiger partial charge in [0, 0.05) is 31.9 Å². The third kappa shape index (κ3) is 3.42. The van der Waals surface area contributed by atoms with E-state index in [9.17, 15) is 0 Å². The van der Waals surface area contributed by atoms with Crippen LogP contribution < -0.4 is 5.32 Å². The fraction of sp³-hybridized carbons (Fsp3) is 0.333. The average molecular weight is 334 g/mol. The first-order valence-corrected chi connectivity index (χ1v) is 7.48. The predicted molar refractivity (Wildman–Crippen MR) is 80.5 cm³/mol. The molecule has 0 saturated carbocycles. The first-order chi connectivity index (χ1) is 9.81. The number of halogens is 1. The van der Waals surface area contributed by atoms with Crippen molar-refractivity contribution in [3.63, 3.8) is 0 Å². The van der Waals surface area contributed by atoms with E-state index in [1.165, 1.54) is 11.1 Å². The maximum Gasteiger partial charge on any atom is 0.132 e. The number of ether oxygens (including phenoxy) is 1. The lowest BCUT2D eigenvalue weighted by atomic mass is 10.0. The van der Waals surface area contributed by atoms with Crippen molar-refractivity contribution in [1.82, 2.24) is 15.3 Å². The molecule has 1 saturated heterocycles. The standard InChI is InChI=1S/C15H16BrN3O/c16-13-8-18-15(19-9-13)7-11-1-3-12(4-2-11)14-10-17-5-6-20-14/h1-4,8-9,14,17H,5-7,10H2/t14-/m0/s1. The summed E-state index contributed by atoms with van der Waals surface area (Å²) in [4.78, 5) is 8.59. The molecule has 5 heteroatoms. The fourth-order valence-electron chi connectivity index (χ4n) is 2.24. The second-order valence-corrected chi connectivity index (χ2v) is 5.72. The van der Waals surface area contributed by atoms with Gasteiger partial charge in [0.25, 0.3) is 0 Å². The molecule has 104 valence electrons. The molecule has 4 nitrogen and oxygen atoms in total. The van der Waals surface area contributed by atoms with Gasteiger partial charge in [0.2, 0.25) is 0 Å². The van der Waals surface area contributed by atoms with Gasteiger partial charge in [-0.3, -0.25) is 0 Å². The molecule has 0 unspecified atom stereocenters. The molecule has 0 spiro atoms. The van der Waals surface area contributed by atoms with E-state index in [2.05, 4.69) is 55.5 Å². The van der Waals surface area contributed by atoms with Crippen LogP contribution in [-0.4, -0.2) is 29.7 Å². The second kappa shape index (κ2) is 6.43. The van der Waals surface area contributed by atoms with E-state index < -0.39 is 0 Å². The van der Waals surface area contributed by atoms with Gasteiger partial charge in [-0.2, -0.15) is 0 Å². The maximum atomic E-state index is 5.74. The van der Waals surface area contributed by atoms with Gasteiger partial charge in [-0.25, -0.2) is 9.97 Å². The molecule has 2 aromatic rings. The van der Waals surface area contributed by atoms with Gasteiger partial charge in [-0.15, -0.1) is 0 Å². The van der Waals surface area contributed by atoms with E-state index in [1.807, 2.05) is 0 Å². The number of nitrogens with one attached hydrogen (secondary N) is 1.